The zero-order chi connectivity index (χ0) is 20.1. The zero-order valence-corrected chi connectivity index (χ0v) is 16.3. The number of likely N-dealkylation sites (N-methyl/N-ethyl adjacent to an activating group) is 1. The first-order valence-electron chi connectivity index (χ1n) is 9.72. The van der Waals surface area contributed by atoms with Crippen LogP contribution in [0.4, 0.5) is 4.79 Å². The predicted octanol–water partition coefficient (Wildman–Crippen LogP) is 3.24. The highest BCUT2D eigenvalue weighted by Crippen LogP contribution is 2.31. The van der Waals surface area contributed by atoms with Gasteiger partial charge in [-0.15, -0.1) is 0 Å². The number of urea groups is 1. The molecule has 1 unspecified atom stereocenters. The summed E-state index contributed by atoms with van der Waals surface area (Å²) in [7, 11) is 0. The molecule has 3 aromatic rings. The van der Waals surface area contributed by atoms with Crippen LogP contribution in [0.1, 0.15) is 12.5 Å². The number of carbonyl (C=O) groups is 1. The number of aromatic nitrogens is 2. The molecule has 2 amide bonds. The van der Waals surface area contributed by atoms with E-state index in [0.29, 0.717) is 26.2 Å². The second kappa shape index (κ2) is 8.68. The fraction of sp³-hybridized carbons (Fsp3) is 0.273. The number of imidazole rings is 1. The van der Waals surface area contributed by atoms with Gasteiger partial charge in [-0.3, -0.25) is 0 Å². The van der Waals surface area contributed by atoms with E-state index in [4.69, 9.17) is 9.47 Å². The molecule has 0 aliphatic carbocycles. The van der Waals surface area contributed by atoms with Crippen molar-refractivity contribution in [2.24, 2.45) is 0 Å². The van der Waals surface area contributed by atoms with Gasteiger partial charge in [-0.1, -0.05) is 30.3 Å². The number of nitrogens with one attached hydrogen (secondary N) is 1. The standard InChI is InChI=1S/C22H24N4O3/c1-2-25(14-18-15-28-20-9-5-6-10-21(20)29-18)22(27)24-13-17-7-3-4-8-19(17)26-12-11-23-16-26/h3-12,16,18H,2,13-15H2,1H3,(H,24,27). The molecule has 7 heteroatoms. The second-order valence-corrected chi connectivity index (χ2v) is 6.79. The predicted molar refractivity (Wildman–Crippen MR) is 109 cm³/mol. The van der Waals surface area contributed by atoms with Crippen molar-refractivity contribution in [3.05, 3.63) is 72.8 Å². The molecule has 2 heterocycles. The number of benzene rings is 2. The molecule has 2 aromatic carbocycles. The normalized spacial score (nSPS) is 15.0. The van der Waals surface area contributed by atoms with Crippen molar-refractivity contribution in [2.75, 3.05) is 19.7 Å². The molecule has 1 aliphatic rings. The van der Waals surface area contributed by atoms with Crippen molar-refractivity contribution >= 4 is 6.03 Å². The van der Waals surface area contributed by atoms with Gasteiger partial charge < -0.3 is 24.3 Å². The van der Waals surface area contributed by atoms with E-state index in [0.717, 1.165) is 22.7 Å². The van der Waals surface area contributed by atoms with Crippen LogP contribution in [0.3, 0.4) is 0 Å². The van der Waals surface area contributed by atoms with Crippen LogP contribution in [0, 0.1) is 0 Å². The third kappa shape index (κ3) is 4.34. The van der Waals surface area contributed by atoms with E-state index in [1.165, 1.54) is 0 Å². The van der Waals surface area contributed by atoms with E-state index in [9.17, 15) is 4.79 Å². The van der Waals surface area contributed by atoms with Gasteiger partial charge in [0.1, 0.15) is 6.61 Å². The topological polar surface area (TPSA) is 68.6 Å². The first kappa shape index (κ1) is 18.9. The molecule has 0 bridgehead atoms. The summed E-state index contributed by atoms with van der Waals surface area (Å²) in [5.41, 5.74) is 2.01. The lowest BCUT2D eigenvalue weighted by Gasteiger charge is -2.31. The number of hydrogen-bond donors (Lipinski definition) is 1. The first-order chi connectivity index (χ1) is 14.2. The van der Waals surface area contributed by atoms with Crippen LogP contribution in [0.2, 0.25) is 0 Å². The van der Waals surface area contributed by atoms with Gasteiger partial charge in [-0.05, 0) is 30.7 Å². The summed E-state index contributed by atoms with van der Waals surface area (Å²) in [6, 6.07) is 15.4. The maximum Gasteiger partial charge on any atom is 0.317 e. The molecular weight excluding hydrogens is 368 g/mol. The third-order valence-corrected chi connectivity index (χ3v) is 4.86. The number of hydrogen-bond acceptors (Lipinski definition) is 4. The lowest BCUT2D eigenvalue weighted by molar-refractivity contribution is 0.0675. The molecule has 29 heavy (non-hydrogen) atoms. The molecule has 1 aromatic heterocycles. The molecule has 0 saturated heterocycles. The summed E-state index contributed by atoms with van der Waals surface area (Å²) in [5, 5.41) is 3.02. The summed E-state index contributed by atoms with van der Waals surface area (Å²) in [6.45, 7) is 3.84. The van der Waals surface area contributed by atoms with Gasteiger partial charge in [0.2, 0.25) is 0 Å². The third-order valence-electron chi connectivity index (χ3n) is 4.86. The largest absolute Gasteiger partial charge is 0.486 e. The van der Waals surface area contributed by atoms with E-state index < -0.39 is 0 Å². The van der Waals surface area contributed by atoms with Crippen molar-refractivity contribution in [1.29, 1.82) is 0 Å². The van der Waals surface area contributed by atoms with E-state index in [2.05, 4.69) is 10.3 Å². The smallest absolute Gasteiger partial charge is 0.317 e. The molecule has 4 rings (SSSR count). The van der Waals surface area contributed by atoms with Gasteiger partial charge in [0.05, 0.1) is 18.6 Å². The number of ether oxygens (including phenoxy) is 2. The van der Waals surface area contributed by atoms with Gasteiger partial charge >= 0.3 is 6.03 Å². The van der Waals surface area contributed by atoms with Crippen LogP contribution in [-0.4, -0.2) is 46.3 Å². The fourth-order valence-electron chi connectivity index (χ4n) is 3.35. The Morgan fingerprint density at radius 3 is 2.79 bits per heavy atom. The van der Waals surface area contributed by atoms with Gasteiger partial charge in [0, 0.05) is 25.5 Å². The Morgan fingerprint density at radius 2 is 2.00 bits per heavy atom. The first-order valence-corrected chi connectivity index (χ1v) is 9.72. The van der Waals surface area contributed by atoms with Gasteiger partial charge in [0.15, 0.2) is 17.6 Å². The maximum absolute atomic E-state index is 12.8. The van der Waals surface area contributed by atoms with Crippen molar-refractivity contribution in [3.63, 3.8) is 0 Å². The van der Waals surface area contributed by atoms with Crippen molar-refractivity contribution in [3.8, 4) is 17.2 Å². The second-order valence-electron chi connectivity index (χ2n) is 6.79. The average molecular weight is 392 g/mol. The number of para-hydroxylation sites is 3. The van der Waals surface area contributed by atoms with E-state index in [1.54, 1.807) is 17.4 Å². The Kier molecular flexibility index (Phi) is 5.65. The SMILES string of the molecule is CCN(CC1COc2ccccc2O1)C(=O)NCc1ccccc1-n1ccnc1. The molecule has 1 N–H and O–H groups in total. The molecule has 0 saturated carbocycles. The van der Waals surface area contributed by atoms with E-state index in [-0.39, 0.29) is 12.1 Å². The number of amides is 2. The van der Waals surface area contributed by atoms with E-state index >= 15 is 0 Å². The lowest BCUT2D eigenvalue weighted by Crippen LogP contribution is -2.47. The Bertz CT molecular complexity index is 958. The minimum Gasteiger partial charge on any atom is -0.486 e. The number of fused-ring (bicyclic) bond motifs is 1. The van der Waals surface area contributed by atoms with Crippen LogP contribution in [0.25, 0.3) is 5.69 Å². The molecule has 1 aliphatic heterocycles. The molecule has 0 spiro atoms. The van der Waals surface area contributed by atoms with Gasteiger partial charge in [0.25, 0.3) is 0 Å². The molecule has 150 valence electrons. The van der Waals surface area contributed by atoms with Crippen molar-refractivity contribution in [1.82, 2.24) is 19.8 Å². The highest BCUT2D eigenvalue weighted by atomic mass is 16.6. The molecule has 0 radical (unpaired) electrons. The van der Waals surface area contributed by atoms with Crippen LogP contribution >= 0.6 is 0 Å². The van der Waals surface area contributed by atoms with Crippen molar-refractivity contribution in [2.45, 2.75) is 19.6 Å². The van der Waals surface area contributed by atoms with E-state index in [1.807, 2.05) is 66.2 Å². The number of rotatable bonds is 6. The van der Waals surface area contributed by atoms with Crippen LogP contribution in [0.5, 0.6) is 11.5 Å². The number of carbonyl (C=O) groups excluding carboxylic acids is 1. The van der Waals surface area contributed by atoms with Crippen LogP contribution in [0.15, 0.2) is 67.3 Å². The van der Waals surface area contributed by atoms with Gasteiger partial charge in [-0.25, -0.2) is 9.78 Å². The lowest BCUT2D eigenvalue weighted by atomic mass is 10.1. The summed E-state index contributed by atoms with van der Waals surface area (Å²) in [4.78, 5) is 18.6. The Labute approximate surface area is 169 Å². The Balaban J connectivity index is 1.37. The monoisotopic (exact) mass is 392 g/mol. The summed E-state index contributed by atoms with van der Waals surface area (Å²) >= 11 is 0. The highest BCUT2D eigenvalue weighted by Gasteiger charge is 2.24. The minimum absolute atomic E-state index is 0.129. The molecule has 7 nitrogen and oxygen atoms in total. The Morgan fingerprint density at radius 1 is 1.21 bits per heavy atom. The minimum atomic E-state index is -0.200. The molecular formula is C22H24N4O3. The van der Waals surface area contributed by atoms with Gasteiger partial charge in [-0.2, -0.15) is 0 Å². The summed E-state index contributed by atoms with van der Waals surface area (Å²) < 4.78 is 13.7. The highest BCUT2D eigenvalue weighted by molar-refractivity contribution is 5.74. The summed E-state index contributed by atoms with van der Waals surface area (Å²) in [6.07, 6.45) is 5.17. The summed E-state index contributed by atoms with van der Waals surface area (Å²) in [5.74, 6) is 1.46. The van der Waals surface area contributed by atoms with Crippen molar-refractivity contribution < 1.29 is 14.3 Å². The fourth-order valence-corrected chi connectivity index (χ4v) is 3.35. The molecule has 1 atom stereocenters. The average Bonchev–Trinajstić information content (AvgIpc) is 3.30. The maximum atomic E-state index is 12.8. The Hall–Kier alpha value is -3.48. The van der Waals surface area contributed by atoms with Crippen LogP contribution < -0.4 is 14.8 Å². The van der Waals surface area contributed by atoms with Crippen LogP contribution in [-0.2, 0) is 6.54 Å². The quantitative estimate of drug-likeness (QED) is 0.699. The zero-order valence-electron chi connectivity index (χ0n) is 16.3. The number of nitrogens with zero attached hydrogens (tertiary/aromatic N) is 3. The molecule has 0 fully saturated rings.